The molecule has 15 heteroatoms. The number of sulfonamides is 1. The molecule has 4 amide bonds. The highest BCUT2D eigenvalue weighted by Crippen LogP contribution is 2.46. The second kappa shape index (κ2) is 13.6. The van der Waals surface area contributed by atoms with Gasteiger partial charge in [0.25, 0.3) is 5.91 Å². The molecule has 2 aliphatic heterocycles. The lowest BCUT2D eigenvalue weighted by Gasteiger charge is -2.30. The molecule has 1 aromatic carbocycles. The van der Waals surface area contributed by atoms with E-state index in [0.717, 1.165) is 10.8 Å². The van der Waals surface area contributed by atoms with Crippen LogP contribution in [0.15, 0.2) is 48.7 Å². The van der Waals surface area contributed by atoms with Crippen LogP contribution >= 0.6 is 0 Å². The van der Waals surface area contributed by atoms with Crippen molar-refractivity contribution in [3.63, 3.8) is 0 Å². The van der Waals surface area contributed by atoms with Crippen LogP contribution in [0.2, 0.25) is 0 Å². The quantitative estimate of drug-likeness (QED) is 0.379. The molecule has 4 aliphatic rings. The zero-order valence-corrected chi connectivity index (χ0v) is 28.7. The number of nitrogens with one attached hydrogen (secondary N) is 3. The number of carbonyl (C=O) groups is 4. The van der Waals surface area contributed by atoms with Gasteiger partial charge in [-0.15, -0.1) is 0 Å². The standard InChI is InChI=1S/C34H43N5O9S/c1-33(2,3)48-32(43)36-26-14-17-46-16-7-6-9-22-19-34(22,31(42)38-49(44,45)24-11-12-24)37-28(40)27-18-23(20-39(27)30(26)41)47-29-25-10-5-4-8-21(25)13-15-35-29/h4-6,8-10,13,15,22-24,26-27H,7,11-12,14,16-20H2,1-3H3,(H,36,43)(H,37,40)(H,38,42)/t22-,23?,26+,27+,34-/m1/s1. The molecule has 1 unspecified atom stereocenters. The summed E-state index contributed by atoms with van der Waals surface area (Å²) in [6, 6.07) is 7.17. The predicted octanol–water partition coefficient (Wildman–Crippen LogP) is 2.33. The molecular formula is C34H43N5O9S. The van der Waals surface area contributed by atoms with Gasteiger partial charge >= 0.3 is 6.09 Å². The molecule has 2 aromatic rings. The summed E-state index contributed by atoms with van der Waals surface area (Å²) in [6.45, 7) is 5.54. The molecule has 2 saturated carbocycles. The Bertz CT molecular complexity index is 1750. The third-order valence-corrected chi connectivity index (χ3v) is 10.9. The maximum atomic E-state index is 14.3. The molecule has 2 aliphatic carbocycles. The van der Waals surface area contributed by atoms with Gasteiger partial charge in [-0.2, -0.15) is 0 Å². The summed E-state index contributed by atoms with van der Waals surface area (Å²) in [6.07, 6.45) is 5.52. The number of rotatable bonds is 6. The average molecular weight is 698 g/mol. The Kier molecular flexibility index (Phi) is 9.59. The highest BCUT2D eigenvalue weighted by atomic mass is 32.2. The lowest BCUT2D eigenvalue weighted by molar-refractivity contribution is -0.141. The van der Waals surface area contributed by atoms with Gasteiger partial charge in [0, 0.05) is 36.9 Å². The van der Waals surface area contributed by atoms with E-state index in [9.17, 15) is 27.6 Å². The molecule has 3 heterocycles. The molecule has 6 rings (SSSR count). The topological polar surface area (TPSA) is 182 Å². The summed E-state index contributed by atoms with van der Waals surface area (Å²) in [5.41, 5.74) is -2.34. The SMILES string of the molecule is CC(C)(C)OC(=O)N[C@H]1CCOCCC=C[C@@H]2C[C@@]2(C(=O)NS(=O)(=O)C2CC2)NC(=O)[C@@H]2CC(Oc3nccc4ccccc34)CN2C1=O. The van der Waals surface area contributed by atoms with Gasteiger partial charge in [0.2, 0.25) is 27.7 Å². The van der Waals surface area contributed by atoms with E-state index in [2.05, 4.69) is 20.3 Å². The normalized spacial score (nSPS) is 27.9. The van der Waals surface area contributed by atoms with Crippen LogP contribution in [0.4, 0.5) is 4.79 Å². The number of ether oxygens (including phenoxy) is 3. The van der Waals surface area contributed by atoms with Crippen LogP contribution in [0.25, 0.3) is 10.8 Å². The van der Waals surface area contributed by atoms with Crippen LogP contribution in [0.1, 0.15) is 59.3 Å². The number of pyridine rings is 1. The first-order valence-electron chi connectivity index (χ1n) is 16.7. The van der Waals surface area contributed by atoms with E-state index in [1.54, 1.807) is 33.0 Å². The summed E-state index contributed by atoms with van der Waals surface area (Å²) in [5.74, 6) is -2.13. The minimum atomic E-state index is -3.89. The Labute approximate surface area is 285 Å². The molecule has 0 bridgehead atoms. The summed E-state index contributed by atoms with van der Waals surface area (Å²) in [7, 11) is -3.89. The first-order chi connectivity index (χ1) is 23.3. The number of alkyl carbamates (subject to hydrolysis) is 1. The Hall–Kier alpha value is -4.24. The maximum Gasteiger partial charge on any atom is 0.408 e. The van der Waals surface area contributed by atoms with Crippen molar-refractivity contribution in [1.29, 1.82) is 0 Å². The van der Waals surface area contributed by atoms with Gasteiger partial charge in [0.05, 0.1) is 18.4 Å². The fourth-order valence-electron chi connectivity index (χ4n) is 6.31. The van der Waals surface area contributed by atoms with Crippen LogP contribution < -0.4 is 20.1 Å². The number of carbonyl (C=O) groups excluding carboxylic acids is 4. The van der Waals surface area contributed by atoms with Crippen molar-refractivity contribution in [3.05, 3.63) is 48.7 Å². The third kappa shape index (κ3) is 7.99. The third-order valence-electron chi connectivity index (χ3n) is 9.07. The second-order valence-electron chi connectivity index (χ2n) is 14.1. The fourth-order valence-corrected chi connectivity index (χ4v) is 7.67. The van der Waals surface area contributed by atoms with Crippen LogP contribution in [-0.4, -0.2) is 96.5 Å². The van der Waals surface area contributed by atoms with Gasteiger partial charge in [0.1, 0.15) is 29.3 Å². The molecule has 49 heavy (non-hydrogen) atoms. The molecule has 1 saturated heterocycles. The summed E-state index contributed by atoms with van der Waals surface area (Å²) in [5, 5.41) is 6.52. The van der Waals surface area contributed by atoms with E-state index >= 15 is 0 Å². The lowest BCUT2D eigenvalue weighted by atomic mass is 10.1. The van der Waals surface area contributed by atoms with E-state index in [0.29, 0.717) is 31.7 Å². The van der Waals surface area contributed by atoms with Crippen molar-refractivity contribution < 1.29 is 41.8 Å². The summed E-state index contributed by atoms with van der Waals surface area (Å²) < 4.78 is 45.2. The van der Waals surface area contributed by atoms with Crippen LogP contribution in [-0.2, 0) is 33.9 Å². The molecule has 14 nitrogen and oxygen atoms in total. The minimum absolute atomic E-state index is 0.0201. The second-order valence-corrected chi connectivity index (χ2v) is 16.0. The Balaban J connectivity index is 1.30. The van der Waals surface area contributed by atoms with Gasteiger partial charge in [-0.3, -0.25) is 19.1 Å². The molecule has 0 spiro atoms. The Morgan fingerprint density at radius 2 is 1.88 bits per heavy atom. The molecule has 1 aromatic heterocycles. The van der Waals surface area contributed by atoms with Crippen LogP contribution in [0.5, 0.6) is 5.88 Å². The highest BCUT2D eigenvalue weighted by Gasteiger charge is 2.62. The largest absolute Gasteiger partial charge is 0.472 e. The number of hydrogen-bond acceptors (Lipinski definition) is 10. The molecule has 0 radical (unpaired) electrons. The maximum absolute atomic E-state index is 14.3. The minimum Gasteiger partial charge on any atom is -0.472 e. The van der Waals surface area contributed by atoms with E-state index in [1.807, 2.05) is 36.4 Å². The zero-order chi connectivity index (χ0) is 35.0. The molecule has 3 N–H and O–H groups in total. The lowest BCUT2D eigenvalue weighted by Crippen LogP contribution is -2.58. The number of benzene rings is 1. The van der Waals surface area contributed by atoms with Crippen molar-refractivity contribution in [2.75, 3.05) is 19.8 Å². The van der Waals surface area contributed by atoms with Gasteiger partial charge < -0.3 is 29.7 Å². The van der Waals surface area contributed by atoms with Gasteiger partial charge in [-0.25, -0.2) is 18.2 Å². The number of fused-ring (bicyclic) bond motifs is 3. The van der Waals surface area contributed by atoms with Gasteiger partial charge in [-0.05, 0) is 64.0 Å². The molecular weight excluding hydrogens is 654 g/mol. The first-order valence-corrected chi connectivity index (χ1v) is 18.2. The highest BCUT2D eigenvalue weighted by molar-refractivity contribution is 7.91. The Morgan fingerprint density at radius 3 is 2.63 bits per heavy atom. The fraction of sp³-hybridized carbons (Fsp3) is 0.559. The van der Waals surface area contributed by atoms with Gasteiger partial charge in [-0.1, -0.05) is 30.4 Å². The van der Waals surface area contributed by atoms with Crippen molar-refractivity contribution in [2.24, 2.45) is 5.92 Å². The van der Waals surface area contributed by atoms with Crippen molar-refractivity contribution >= 4 is 44.6 Å². The molecule has 5 atom stereocenters. The monoisotopic (exact) mass is 697 g/mol. The zero-order valence-electron chi connectivity index (χ0n) is 27.8. The van der Waals surface area contributed by atoms with E-state index in [4.69, 9.17) is 14.2 Å². The number of hydrogen-bond donors (Lipinski definition) is 3. The van der Waals surface area contributed by atoms with E-state index < -0.39 is 74.3 Å². The average Bonchev–Trinajstić information content (AvgIpc) is 3.96. The molecule has 3 fully saturated rings. The number of aromatic nitrogens is 1. The van der Waals surface area contributed by atoms with E-state index in [-0.39, 0.29) is 32.4 Å². The van der Waals surface area contributed by atoms with Crippen molar-refractivity contribution in [2.45, 2.75) is 93.9 Å². The first kappa shape index (κ1) is 34.6. The van der Waals surface area contributed by atoms with Crippen molar-refractivity contribution in [3.8, 4) is 5.88 Å². The van der Waals surface area contributed by atoms with Crippen molar-refractivity contribution in [1.82, 2.24) is 25.2 Å². The smallest absolute Gasteiger partial charge is 0.408 e. The Morgan fingerprint density at radius 1 is 1.10 bits per heavy atom. The number of amides is 4. The predicted molar refractivity (Wildman–Crippen MR) is 178 cm³/mol. The molecule has 264 valence electrons. The van der Waals surface area contributed by atoms with E-state index in [1.165, 1.54) is 4.90 Å². The summed E-state index contributed by atoms with van der Waals surface area (Å²) in [4.78, 5) is 60.7. The summed E-state index contributed by atoms with van der Waals surface area (Å²) >= 11 is 0. The van der Waals surface area contributed by atoms with Crippen LogP contribution in [0, 0.1) is 5.92 Å². The number of nitrogens with zero attached hydrogens (tertiary/aromatic N) is 2. The van der Waals surface area contributed by atoms with Crippen LogP contribution in [0.3, 0.4) is 0 Å². The van der Waals surface area contributed by atoms with Gasteiger partial charge in [0.15, 0.2) is 0 Å².